The molecule has 1 aromatic carbocycles. The quantitative estimate of drug-likeness (QED) is 0.420. The van der Waals surface area contributed by atoms with E-state index in [1.807, 2.05) is 31.2 Å². The van der Waals surface area contributed by atoms with Crippen LogP contribution in [0.1, 0.15) is 58.8 Å². The first kappa shape index (κ1) is 21.4. The monoisotopic (exact) mass is 392 g/mol. The summed E-state index contributed by atoms with van der Waals surface area (Å²) in [4.78, 5) is 0.601. The second-order valence-corrected chi connectivity index (χ2v) is 15.9. The molecule has 146 valence electrons. The Bertz CT molecular complexity index is 723. The third-order valence-corrected chi connectivity index (χ3v) is 12.5. The van der Waals surface area contributed by atoms with Crippen LogP contribution in [0.2, 0.25) is 19.1 Å². The topological polar surface area (TPSA) is 34.1 Å². The molecule has 2 unspecified atom stereocenters. The minimum absolute atomic E-state index is 0.276. The number of hydrogen-bond acceptors (Lipinski definition) is 2. The van der Waals surface area contributed by atoms with E-state index in [4.69, 9.17) is 0 Å². The van der Waals surface area contributed by atoms with Crippen LogP contribution < -0.4 is 5.19 Å². The third-order valence-electron chi connectivity index (χ3n) is 6.42. The molecule has 2 rings (SSSR count). The summed E-state index contributed by atoms with van der Waals surface area (Å²) in [6, 6.07) is 8.69. The van der Waals surface area contributed by atoms with Gasteiger partial charge in [-0.1, -0.05) is 70.0 Å². The van der Waals surface area contributed by atoms with Crippen molar-refractivity contribution in [3.05, 3.63) is 36.9 Å². The molecule has 0 radical (unpaired) electrons. The van der Waals surface area contributed by atoms with Gasteiger partial charge in [0.25, 0.3) is 0 Å². The number of sulfone groups is 1. The molecule has 0 aromatic heterocycles. The van der Waals surface area contributed by atoms with E-state index in [1.54, 1.807) is 0 Å². The van der Waals surface area contributed by atoms with Crippen LogP contribution in [0.3, 0.4) is 0 Å². The summed E-state index contributed by atoms with van der Waals surface area (Å²) in [6.07, 6.45) is 9.25. The van der Waals surface area contributed by atoms with Crippen LogP contribution >= 0.6 is 0 Å². The molecule has 4 heteroatoms. The van der Waals surface area contributed by atoms with E-state index in [0.29, 0.717) is 4.90 Å². The van der Waals surface area contributed by atoms with Gasteiger partial charge in [-0.15, -0.1) is 6.58 Å². The van der Waals surface area contributed by atoms with Crippen molar-refractivity contribution in [3.63, 3.8) is 0 Å². The fraction of sp³-hybridized carbons (Fsp3) is 0.636. The fourth-order valence-electron chi connectivity index (χ4n) is 4.61. The molecule has 0 amide bonds. The Hall–Kier alpha value is -0.873. The van der Waals surface area contributed by atoms with Crippen LogP contribution in [0.5, 0.6) is 0 Å². The highest BCUT2D eigenvalue weighted by Crippen LogP contribution is 2.45. The summed E-state index contributed by atoms with van der Waals surface area (Å²) in [7, 11) is -5.25. The number of rotatable bonds is 8. The Kier molecular flexibility index (Phi) is 6.95. The van der Waals surface area contributed by atoms with Crippen LogP contribution in [-0.2, 0) is 9.84 Å². The zero-order valence-corrected chi connectivity index (χ0v) is 18.9. The minimum atomic E-state index is -3.37. The summed E-state index contributed by atoms with van der Waals surface area (Å²) in [5, 5.41) is 1.07. The number of hydrogen-bond donors (Lipinski definition) is 0. The number of allylic oxidation sites excluding steroid dienone is 1. The third kappa shape index (κ3) is 4.01. The van der Waals surface area contributed by atoms with E-state index in [0.717, 1.165) is 56.2 Å². The molecule has 0 bridgehead atoms. The first-order chi connectivity index (χ1) is 12.2. The van der Waals surface area contributed by atoms with E-state index in [2.05, 4.69) is 32.7 Å². The van der Waals surface area contributed by atoms with Gasteiger partial charge in [0.15, 0.2) is 9.84 Å². The highest BCUT2D eigenvalue weighted by atomic mass is 32.2. The van der Waals surface area contributed by atoms with Crippen LogP contribution in [0.15, 0.2) is 41.8 Å². The molecule has 2 atom stereocenters. The van der Waals surface area contributed by atoms with Gasteiger partial charge in [-0.05, 0) is 49.4 Å². The zero-order valence-electron chi connectivity index (χ0n) is 17.1. The lowest BCUT2D eigenvalue weighted by Gasteiger charge is -2.42. The highest BCUT2D eigenvalue weighted by molar-refractivity contribution is 7.93. The largest absolute Gasteiger partial charge is 0.223 e. The van der Waals surface area contributed by atoms with E-state index < -0.39 is 22.7 Å². The normalized spacial score (nSPS) is 24.4. The second-order valence-electron chi connectivity index (χ2n) is 8.77. The summed E-state index contributed by atoms with van der Waals surface area (Å²) < 4.78 is 27.3. The lowest BCUT2D eigenvalue weighted by molar-refractivity contribution is 0.256. The molecule has 2 nitrogen and oxygen atoms in total. The zero-order chi connectivity index (χ0) is 19.4. The van der Waals surface area contributed by atoms with Crippen molar-refractivity contribution in [2.75, 3.05) is 0 Å². The minimum Gasteiger partial charge on any atom is -0.223 e. The maximum absolute atomic E-state index is 14.0. The summed E-state index contributed by atoms with van der Waals surface area (Å²) in [5.74, 6) is 0.276. The maximum Gasteiger partial charge on any atom is 0.183 e. The molecule has 26 heavy (non-hydrogen) atoms. The summed E-state index contributed by atoms with van der Waals surface area (Å²) in [6.45, 7) is 12.6. The van der Waals surface area contributed by atoms with Gasteiger partial charge >= 0.3 is 0 Å². The van der Waals surface area contributed by atoms with E-state index >= 15 is 0 Å². The number of benzene rings is 1. The summed E-state index contributed by atoms with van der Waals surface area (Å²) >= 11 is 0. The molecule has 0 saturated heterocycles. The van der Waals surface area contributed by atoms with Crippen LogP contribution in [-0.4, -0.2) is 21.2 Å². The van der Waals surface area contributed by atoms with Gasteiger partial charge in [0.05, 0.1) is 17.7 Å². The SMILES string of the molecule is C=CC[Si](C)(C)c1ccccc1S(=O)(=O)C1(C)CCCCC1CCCC. The molecule has 1 aromatic rings. The molecular formula is C22H36O2SSi. The Morgan fingerprint density at radius 2 is 1.96 bits per heavy atom. The van der Waals surface area contributed by atoms with Crippen molar-refractivity contribution in [1.82, 2.24) is 0 Å². The van der Waals surface area contributed by atoms with Gasteiger partial charge < -0.3 is 0 Å². The van der Waals surface area contributed by atoms with E-state index in [-0.39, 0.29) is 5.92 Å². The highest BCUT2D eigenvalue weighted by Gasteiger charge is 2.48. The fourth-order valence-corrected chi connectivity index (χ4v) is 10.3. The van der Waals surface area contributed by atoms with Gasteiger partial charge in [0, 0.05) is 0 Å². The average Bonchev–Trinajstić information content (AvgIpc) is 2.61. The second kappa shape index (κ2) is 8.43. The van der Waals surface area contributed by atoms with Crippen molar-refractivity contribution < 1.29 is 8.42 Å². The molecule has 0 spiro atoms. The maximum atomic E-state index is 14.0. The molecule has 0 aliphatic heterocycles. The van der Waals surface area contributed by atoms with E-state index in [1.165, 1.54) is 0 Å². The number of unbranched alkanes of at least 4 members (excludes halogenated alkanes) is 1. The smallest absolute Gasteiger partial charge is 0.183 e. The molecule has 1 saturated carbocycles. The van der Waals surface area contributed by atoms with Crippen molar-refractivity contribution in [2.45, 2.75) is 87.6 Å². The van der Waals surface area contributed by atoms with Gasteiger partial charge in [0.1, 0.15) is 0 Å². The Labute approximate surface area is 162 Å². The van der Waals surface area contributed by atoms with Gasteiger partial charge in [-0.2, -0.15) is 0 Å². The van der Waals surface area contributed by atoms with Crippen LogP contribution in [0, 0.1) is 5.92 Å². The standard InChI is InChI=1S/C22H36O2SSi/c1-6-8-13-19-14-11-12-17-22(19,3)25(23,24)20-15-9-10-16-21(20)26(4,5)18-7-2/h7,9-10,15-16,19H,2,6,8,11-14,17-18H2,1,3-5H3. The molecule has 1 aliphatic carbocycles. The van der Waals surface area contributed by atoms with Gasteiger partial charge in [0.2, 0.25) is 0 Å². The van der Waals surface area contributed by atoms with Crippen molar-refractivity contribution >= 4 is 23.1 Å². The predicted molar refractivity (Wildman–Crippen MR) is 116 cm³/mol. The molecule has 0 heterocycles. The van der Waals surface area contributed by atoms with Crippen molar-refractivity contribution in [2.24, 2.45) is 5.92 Å². The Morgan fingerprint density at radius 3 is 2.62 bits per heavy atom. The molecule has 0 N–H and O–H groups in total. The lowest BCUT2D eigenvalue weighted by Crippen LogP contribution is -2.50. The van der Waals surface area contributed by atoms with E-state index in [9.17, 15) is 8.42 Å². The van der Waals surface area contributed by atoms with Gasteiger partial charge in [-0.3, -0.25) is 0 Å². The van der Waals surface area contributed by atoms with Crippen LogP contribution in [0.25, 0.3) is 0 Å². The Morgan fingerprint density at radius 1 is 1.27 bits per heavy atom. The van der Waals surface area contributed by atoms with Gasteiger partial charge in [-0.25, -0.2) is 8.42 Å². The van der Waals surface area contributed by atoms with Crippen molar-refractivity contribution in [1.29, 1.82) is 0 Å². The summed E-state index contributed by atoms with van der Waals surface area (Å²) in [5.41, 5.74) is 0. The van der Waals surface area contributed by atoms with Crippen molar-refractivity contribution in [3.8, 4) is 0 Å². The molecular weight excluding hydrogens is 356 g/mol. The predicted octanol–water partition coefficient (Wildman–Crippen LogP) is 5.70. The molecule has 1 aliphatic rings. The first-order valence-corrected chi connectivity index (χ1v) is 14.8. The van der Waals surface area contributed by atoms with Crippen LogP contribution in [0.4, 0.5) is 0 Å². The first-order valence-electron chi connectivity index (χ1n) is 10.2. The molecule has 1 fully saturated rings. The Balaban J connectivity index is 2.54. The lowest BCUT2D eigenvalue weighted by atomic mass is 9.77. The average molecular weight is 393 g/mol.